The number of carbonyl (C=O) groups is 1. The summed E-state index contributed by atoms with van der Waals surface area (Å²) in [5.41, 5.74) is 0. The third-order valence-corrected chi connectivity index (χ3v) is 3.05. The zero-order valence-corrected chi connectivity index (χ0v) is 8.82. The van der Waals surface area contributed by atoms with Crippen LogP contribution in [-0.2, 0) is 9.53 Å². The van der Waals surface area contributed by atoms with Crippen molar-refractivity contribution in [3.63, 3.8) is 0 Å². The Morgan fingerprint density at radius 3 is 2.86 bits per heavy atom. The smallest absolute Gasteiger partial charge is 0.309 e. The summed E-state index contributed by atoms with van der Waals surface area (Å²) in [5.74, 6) is -0.0146. The second-order valence-electron chi connectivity index (χ2n) is 3.88. The van der Waals surface area contributed by atoms with Gasteiger partial charge >= 0.3 is 5.97 Å². The highest BCUT2D eigenvalue weighted by Gasteiger charge is 2.35. The van der Waals surface area contributed by atoms with Crippen molar-refractivity contribution in [1.29, 1.82) is 5.26 Å². The van der Waals surface area contributed by atoms with Gasteiger partial charge in [0.15, 0.2) is 0 Å². The van der Waals surface area contributed by atoms with Gasteiger partial charge in [0.25, 0.3) is 0 Å². The average molecular weight is 195 g/mol. The topological polar surface area (TPSA) is 50.1 Å². The molecule has 3 nitrogen and oxygen atoms in total. The van der Waals surface area contributed by atoms with E-state index in [0.29, 0.717) is 6.61 Å². The second kappa shape index (κ2) is 4.99. The molecule has 1 aliphatic rings. The summed E-state index contributed by atoms with van der Waals surface area (Å²) in [6, 6.07) is 2.27. The SMILES string of the molecule is CCOC(=O)C1CCCC(C#N)C1C. The highest BCUT2D eigenvalue weighted by molar-refractivity contribution is 5.73. The first-order chi connectivity index (χ1) is 6.70. The molecule has 0 spiro atoms. The van der Waals surface area contributed by atoms with E-state index in [-0.39, 0.29) is 23.7 Å². The molecule has 0 amide bonds. The molecular formula is C11H17NO2. The minimum atomic E-state index is -0.125. The van der Waals surface area contributed by atoms with Crippen LogP contribution in [0.4, 0.5) is 0 Å². The van der Waals surface area contributed by atoms with Crippen LogP contribution in [0.25, 0.3) is 0 Å². The fourth-order valence-electron chi connectivity index (χ4n) is 2.13. The zero-order valence-electron chi connectivity index (χ0n) is 8.82. The van der Waals surface area contributed by atoms with E-state index in [9.17, 15) is 4.79 Å². The number of hydrogen-bond donors (Lipinski definition) is 0. The number of ether oxygens (including phenoxy) is 1. The van der Waals surface area contributed by atoms with Crippen LogP contribution >= 0.6 is 0 Å². The molecule has 1 rings (SSSR count). The summed E-state index contributed by atoms with van der Waals surface area (Å²) in [4.78, 5) is 11.5. The van der Waals surface area contributed by atoms with Crippen LogP contribution in [0.3, 0.4) is 0 Å². The van der Waals surface area contributed by atoms with Crippen LogP contribution in [0.5, 0.6) is 0 Å². The quantitative estimate of drug-likeness (QED) is 0.634. The molecule has 0 heterocycles. The van der Waals surface area contributed by atoms with Crippen LogP contribution in [0, 0.1) is 29.1 Å². The minimum absolute atomic E-state index is 0.0261. The molecule has 1 aliphatic carbocycles. The van der Waals surface area contributed by atoms with Gasteiger partial charge in [-0.05, 0) is 25.7 Å². The Bertz CT molecular complexity index is 244. The van der Waals surface area contributed by atoms with Crippen LogP contribution in [0.15, 0.2) is 0 Å². The van der Waals surface area contributed by atoms with E-state index in [1.807, 2.05) is 13.8 Å². The Hall–Kier alpha value is -1.04. The normalized spacial score (nSPS) is 31.9. The van der Waals surface area contributed by atoms with E-state index < -0.39 is 0 Å². The van der Waals surface area contributed by atoms with Gasteiger partial charge in [0.1, 0.15) is 0 Å². The number of rotatable bonds is 2. The Labute approximate surface area is 85.1 Å². The molecule has 0 radical (unpaired) electrons. The summed E-state index contributed by atoms with van der Waals surface area (Å²) < 4.78 is 5.00. The molecule has 14 heavy (non-hydrogen) atoms. The largest absolute Gasteiger partial charge is 0.466 e. The predicted octanol–water partition coefficient (Wildman–Crippen LogP) is 2.13. The lowest BCUT2D eigenvalue weighted by molar-refractivity contribution is -0.151. The molecule has 1 saturated carbocycles. The van der Waals surface area contributed by atoms with Crippen molar-refractivity contribution < 1.29 is 9.53 Å². The number of nitrogens with zero attached hydrogens (tertiary/aromatic N) is 1. The summed E-state index contributed by atoms with van der Waals surface area (Å²) in [5, 5.41) is 8.89. The predicted molar refractivity (Wildman–Crippen MR) is 52.2 cm³/mol. The molecule has 3 heteroatoms. The summed E-state index contributed by atoms with van der Waals surface area (Å²) in [7, 11) is 0. The number of nitriles is 1. The van der Waals surface area contributed by atoms with Crippen LogP contribution in [0.2, 0.25) is 0 Å². The van der Waals surface area contributed by atoms with Gasteiger partial charge < -0.3 is 4.74 Å². The molecule has 3 atom stereocenters. The second-order valence-corrected chi connectivity index (χ2v) is 3.88. The summed E-state index contributed by atoms with van der Waals surface area (Å²) >= 11 is 0. The van der Waals surface area contributed by atoms with E-state index >= 15 is 0 Å². The maximum absolute atomic E-state index is 11.5. The van der Waals surface area contributed by atoms with Crippen LogP contribution in [-0.4, -0.2) is 12.6 Å². The molecule has 0 saturated heterocycles. The molecule has 0 bridgehead atoms. The van der Waals surface area contributed by atoms with Gasteiger partial charge in [-0.25, -0.2) is 0 Å². The zero-order chi connectivity index (χ0) is 10.6. The molecule has 0 N–H and O–H groups in total. The molecule has 0 aromatic carbocycles. The van der Waals surface area contributed by atoms with Crippen LogP contribution in [0.1, 0.15) is 33.1 Å². The van der Waals surface area contributed by atoms with Gasteiger partial charge in [-0.2, -0.15) is 5.26 Å². The molecule has 78 valence electrons. The number of carbonyl (C=O) groups excluding carboxylic acids is 1. The lowest BCUT2D eigenvalue weighted by Crippen LogP contribution is -2.32. The lowest BCUT2D eigenvalue weighted by Gasteiger charge is -2.30. The Morgan fingerprint density at radius 1 is 1.57 bits per heavy atom. The lowest BCUT2D eigenvalue weighted by atomic mass is 9.73. The fourth-order valence-corrected chi connectivity index (χ4v) is 2.13. The third-order valence-electron chi connectivity index (χ3n) is 3.05. The number of hydrogen-bond acceptors (Lipinski definition) is 3. The van der Waals surface area contributed by atoms with Crippen molar-refractivity contribution in [3.8, 4) is 6.07 Å². The van der Waals surface area contributed by atoms with Crippen molar-refractivity contribution in [3.05, 3.63) is 0 Å². The van der Waals surface area contributed by atoms with Gasteiger partial charge in [0, 0.05) is 5.92 Å². The van der Waals surface area contributed by atoms with E-state index in [1.54, 1.807) is 0 Å². The fraction of sp³-hybridized carbons (Fsp3) is 0.818. The highest BCUT2D eigenvalue weighted by Crippen LogP contribution is 2.34. The highest BCUT2D eigenvalue weighted by atomic mass is 16.5. The monoisotopic (exact) mass is 195 g/mol. The van der Waals surface area contributed by atoms with Gasteiger partial charge in [-0.1, -0.05) is 13.3 Å². The third kappa shape index (κ3) is 2.25. The molecular weight excluding hydrogens is 178 g/mol. The van der Waals surface area contributed by atoms with E-state index in [0.717, 1.165) is 19.3 Å². The van der Waals surface area contributed by atoms with Crippen molar-refractivity contribution >= 4 is 5.97 Å². The molecule has 0 aromatic heterocycles. The maximum Gasteiger partial charge on any atom is 0.309 e. The van der Waals surface area contributed by atoms with Gasteiger partial charge in [-0.15, -0.1) is 0 Å². The summed E-state index contributed by atoms with van der Waals surface area (Å²) in [6.45, 7) is 4.22. The molecule has 0 aromatic rings. The molecule has 3 unspecified atom stereocenters. The minimum Gasteiger partial charge on any atom is -0.466 e. The van der Waals surface area contributed by atoms with E-state index in [4.69, 9.17) is 10.00 Å². The Balaban J connectivity index is 2.60. The summed E-state index contributed by atoms with van der Waals surface area (Å²) in [6.07, 6.45) is 2.76. The first-order valence-electron chi connectivity index (χ1n) is 5.27. The first-order valence-corrected chi connectivity index (χ1v) is 5.27. The van der Waals surface area contributed by atoms with Crippen LogP contribution < -0.4 is 0 Å². The number of esters is 1. The maximum atomic E-state index is 11.5. The van der Waals surface area contributed by atoms with E-state index in [1.165, 1.54) is 0 Å². The standard InChI is InChI=1S/C11H17NO2/c1-3-14-11(13)10-6-4-5-9(7-12)8(10)2/h8-10H,3-6H2,1-2H3. The molecule has 1 fully saturated rings. The van der Waals surface area contributed by atoms with Crippen molar-refractivity contribution in [2.24, 2.45) is 17.8 Å². The average Bonchev–Trinajstić information content (AvgIpc) is 2.18. The van der Waals surface area contributed by atoms with E-state index in [2.05, 4.69) is 6.07 Å². The first kappa shape index (κ1) is 11.0. The molecule has 0 aliphatic heterocycles. The van der Waals surface area contributed by atoms with Gasteiger partial charge in [0.05, 0.1) is 18.6 Å². The van der Waals surface area contributed by atoms with Crippen molar-refractivity contribution in [2.75, 3.05) is 6.61 Å². The van der Waals surface area contributed by atoms with Gasteiger partial charge in [-0.3, -0.25) is 4.79 Å². The van der Waals surface area contributed by atoms with Crippen molar-refractivity contribution in [2.45, 2.75) is 33.1 Å². The Morgan fingerprint density at radius 2 is 2.29 bits per heavy atom. The van der Waals surface area contributed by atoms with Gasteiger partial charge in [0.2, 0.25) is 0 Å². The van der Waals surface area contributed by atoms with Crippen molar-refractivity contribution in [1.82, 2.24) is 0 Å². The Kier molecular flexibility index (Phi) is 3.94.